The lowest BCUT2D eigenvalue weighted by Gasteiger charge is -2.62. The molecule has 1 spiro atoms. The molecule has 2 N–H and O–H groups in total. The Balaban J connectivity index is 1.42. The van der Waals surface area contributed by atoms with Crippen LogP contribution >= 0.6 is 0 Å². The van der Waals surface area contributed by atoms with Crippen LogP contribution in [0.1, 0.15) is 65.2 Å². The molecule has 6 nitrogen and oxygen atoms in total. The summed E-state index contributed by atoms with van der Waals surface area (Å²) >= 11 is 0. The third kappa shape index (κ3) is 2.61. The number of hydrogen-bond acceptors (Lipinski definition) is 6. The van der Waals surface area contributed by atoms with Crippen LogP contribution in [-0.2, 0) is 19.6 Å². The number of nitrogens with one attached hydrogen (secondary N) is 1. The van der Waals surface area contributed by atoms with Gasteiger partial charge in [0.25, 0.3) is 0 Å². The minimum atomic E-state index is -0.764. The molecule has 0 aromatic heterocycles. The Labute approximate surface area is 168 Å². The molecule has 1 heterocycles. The molecule has 28 heavy (non-hydrogen) atoms. The van der Waals surface area contributed by atoms with Gasteiger partial charge in [0.1, 0.15) is 13.2 Å². The number of fused-ring (bicyclic) bond motifs is 6. The predicted molar refractivity (Wildman–Crippen MR) is 103 cm³/mol. The zero-order chi connectivity index (χ0) is 19.6. The molecular formula is C22H37NO5. The average molecular weight is 396 g/mol. The van der Waals surface area contributed by atoms with Crippen molar-refractivity contribution in [3.8, 4) is 0 Å². The van der Waals surface area contributed by atoms with Crippen LogP contribution in [0.2, 0.25) is 0 Å². The second kappa shape index (κ2) is 6.89. The van der Waals surface area contributed by atoms with E-state index in [1.54, 1.807) is 0 Å². The second-order valence-corrected chi connectivity index (χ2v) is 10.6. The normalized spacial score (nSPS) is 53.1. The fraction of sp³-hybridized carbons (Fsp3) is 1.00. The fourth-order valence-electron chi connectivity index (χ4n) is 8.19. The van der Waals surface area contributed by atoms with Crippen LogP contribution in [0.4, 0.5) is 0 Å². The van der Waals surface area contributed by atoms with Crippen molar-refractivity contribution in [3.63, 3.8) is 0 Å². The summed E-state index contributed by atoms with van der Waals surface area (Å²) in [6.45, 7) is 5.64. The molecule has 5 rings (SSSR count). The van der Waals surface area contributed by atoms with E-state index in [-0.39, 0.29) is 23.0 Å². The van der Waals surface area contributed by atoms with Crippen molar-refractivity contribution in [1.82, 2.24) is 5.32 Å². The molecule has 1 aliphatic heterocycles. The molecular weight excluding hydrogens is 358 g/mol. The summed E-state index contributed by atoms with van der Waals surface area (Å²) in [4.78, 5) is 22.6. The highest BCUT2D eigenvalue weighted by Crippen LogP contribution is 2.69. The van der Waals surface area contributed by atoms with Crippen LogP contribution in [0, 0.1) is 34.5 Å². The molecule has 8 atom stereocenters. The Bertz CT molecular complexity index is 593. The van der Waals surface area contributed by atoms with Gasteiger partial charge in [-0.1, -0.05) is 13.8 Å². The van der Waals surface area contributed by atoms with E-state index >= 15 is 0 Å². The van der Waals surface area contributed by atoms with E-state index < -0.39 is 5.79 Å². The highest BCUT2D eigenvalue weighted by Gasteiger charge is 2.68. The maximum Gasteiger partial charge on any atom is 0.239 e. The van der Waals surface area contributed by atoms with Gasteiger partial charge in [0.15, 0.2) is 0 Å². The summed E-state index contributed by atoms with van der Waals surface area (Å²) in [7, 11) is 1.99. The van der Waals surface area contributed by atoms with E-state index in [4.69, 9.17) is 19.6 Å². The first kappa shape index (κ1) is 19.7. The highest BCUT2D eigenvalue weighted by molar-refractivity contribution is 5.13. The highest BCUT2D eigenvalue weighted by atomic mass is 17.3. The summed E-state index contributed by atoms with van der Waals surface area (Å²) < 4.78 is 0. The van der Waals surface area contributed by atoms with Gasteiger partial charge in [0.2, 0.25) is 5.79 Å². The molecule has 0 bridgehead atoms. The summed E-state index contributed by atoms with van der Waals surface area (Å²) in [5.74, 6) is 1.87. The second-order valence-electron chi connectivity index (χ2n) is 10.6. The van der Waals surface area contributed by atoms with Crippen molar-refractivity contribution in [2.24, 2.45) is 34.5 Å². The van der Waals surface area contributed by atoms with Crippen molar-refractivity contribution in [1.29, 1.82) is 0 Å². The first-order valence-electron chi connectivity index (χ1n) is 11.4. The van der Waals surface area contributed by atoms with Crippen LogP contribution < -0.4 is 5.32 Å². The van der Waals surface area contributed by atoms with Gasteiger partial charge in [-0.2, -0.15) is 9.78 Å². The molecule has 6 heteroatoms. The third-order valence-electron chi connectivity index (χ3n) is 9.77. The smallest absolute Gasteiger partial charge is 0.239 e. The van der Waals surface area contributed by atoms with Gasteiger partial charge in [-0.3, -0.25) is 0 Å². The number of likely N-dealkylation sites (N-methyl/N-ethyl adjacent to an activating group) is 1. The zero-order valence-corrected chi connectivity index (χ0v) is 17.6. The fourth-order valence-corrected chi connectivity index (χ4v) is 8.19. The van der Waals surface area contributed by atoms with Gasteiger partial charge < -0.3 is 10.4 Å². The van der Waals surface area contributed by atoms with Gasteiger partial charge in [0.05, 0.1) is 6.10 Å². The van der Waals surface area contributed by atoms with Crippen LogP contribution in [0.25, 0.3) is 0 Å². The Hall–Kier alpha value is -0.240. The number of hydrogen-bond donors (Lipinski definition) is 2. The lowest BCUT2D eigenvalue weighted by molar-refractivity contribution is -0.505. The maximum atomic E-state index is 10.8. The molecule has 0 amide bonds. The van der Waals surface area contributed by atoms with Gasteiger partial charge in [-0.15, -0.1) is 0 Å². The Morgan fingerprint density at radius 1 is 0.929 bits per heavy atom. The maximum absolute atomic E-state index is 10.8. The summed E-state index contributed by atoms with van der Waals surface area (Å²) in [6.07, 6.45) is 8.55. The molecule has 4 aliphatic carbocycles. The first-order valence-corrected chi connectivity index (χ1v) is 11.4. The van der Waals surface area contributed by atoms with Crippen LogP contribution in [-0.4, -0.2) is 43.3 Å². The summed E-state index contributed by atoms with van der Waals surface area (Å²) in [5.41, 5.74) is 0.160. The van der Waals surface area contributed by atoms with Crippen LogP contribution in [0.3, 0.4) is 0 Å². The van der Waals surface area contributed by atoms with Gasteiger partial charge in [-0.25, -0.2) is 9.78 Å². The van der Waals surface area contributed by atoms with Crippen LogP contribution in [0.5, 0.6) is 0 Å². The molecule has 0 unspecified atom stereocenters. The monoisotopic (exact) mass is 395 g/mol. The van der Waals surface area contributed by atoms with Gasteiger partial charge in [0, 0.05) is 17.9 Å². The minimum absolute atomic E-state index is 0.0809. The van der Waals surface area contributed by atoms with Crippen molar-refractivity contribution in [2.45, 2.75) is 83.1 Å². The lowest BCUT2D eigenvalue weighted by atomic mass is 9.44. The Morgan fingerprint density at radius 2 is 1.64 bits per heavy atom. The Kier molecular flexibility index (Phi) is 4.85. The number of rotatable bonds is 1. The lowest BCUT2D eigenvalue weighted by Crippen LogP contribution is -2.60. The van der Waals surface area contributed by atoms with Crippen molar-refractivity contribution >= 4 is 0 Å². The Morgan fingerprint density at radius 3 is 2.36 bits per heavy atom. The topological polar surface area (TPSA) is 69.2 Å². The average Bonchev–Trinajstić information content (AvgIpc) is 2.82. The summed E-state index contributed by atoms with van der Waals surface area (Å²) in [6, 6.07) is 0.250. The van der Waals surface area contributed by atoms with E-state index in [9.17, 15) is 5.11 Å². The van der Waals surface area contributed by atoms with Crippen molar-refractivity contribution < 1.29 is 24.7 Å². The van der Waals surface area contributed by atoms with E-state index in [1.165, 1.54) is 19.3 Å². The van der Waals surface area contributed by atoms with Crippen molar-refractivity contribution in [3.05, 3.63) is 0 Å². The molecule has 4 saturated carbocycles. The standard InChI is InChI=1S/C22H37NO5/c1-20-13-19(24)18(23-3)12-14(20)4-5-15-16(20)6-8-21(2)17(15)7-9-22(21)27-25-10-11-26-28-22/h14-19,23-24H,4-13H2,1-3H3/t14-,15+,16-,17-,18+,19-,20-,21-/m0/s1. The molecule has 5 aliphatic rings. The number of aliphatic hydroxyl groups excluding tert-OH is 1. The quantitative estimate of drug-likeness (QED) is 0.665. The zero-order valence-electron chi connectivity index (χ0n) is 17.6. The van der Waals surface area contributed by atoms with Crippen molar-refractivity contribution in [2.75, 3.05) is 20.3 Å². The van der Waals surface area contributed by atoms with E-state index in [2.05, 4.69) is 19.2 Å². The van der Waals surface area contributed by atoms with E-state index in [0.717, 1.165) is 32.1 Å². The summed E-state index contributed by atoms with van der Waals surface area (Å²) in [5, 5.41) is 14.1. The van der Waals surface area contributed by atoms with Gasteiger partial charge in [-0.05, 0) is 81.1 Å². The van der Waals surface area contributed by atoms with Crippen LogP contribution in [0.15, 0.2) is 0 Å². The first-order chi connectivity index (χ1) is 13.4. The molecule has 0 radical (unpaired) electrons. The predicted octanol–water partition coefficient (Wildman–Crippen LogP) is 3.19. The van der Waals surface area contributed by atoms with Gasteiger partial charge >= 0.3 is 0 Å². The molecule has 5 fully saturated rings. The van der Waals surface area contributed by atoms with E-state index in [1.807, 2.05) is 7.05 Å². The minimum Gasteiger partial charge on any atom is -0.391 e. The molecule has 0 aromatic rings. The molecule has 160 valence electrons. The molecule has 1 saturated heterocycles. The van der Waals surface area contributed by atoms with E-state index in [0.29, 0.717) is 36.9 Å². The largest absolute Gasteiger partial charge is 0.391 e. The third-order valence-corrected chi connectivity index (χ3v) is 9.77. The molecule has 0 aromatic carbocycles. The number of aliphatic hydroxyl groups is 1. The SMILES string of the molecule is CN[C@@H]1C[C@@H]2CC[C@@H]3[C@H](CC[C@@]4(C)[C@H]3CCC43OOCCOO3)[C@@]2(C)C[C@@H]1O.